The van der Waals surface area contributed by atoms with Crippen molar-refractivity contribution in [2.75, 3.05) is 0 Å². The maximum Gasteiger partial charge on any atom is 0.269 e. The van der Waals surface area contributed by atoms with Gasteiger partial charge >= 0.3 is 0 Å². The monoisotopic (exact) mass is 256 g/mol. The van der Waals surface area contributed by atoms with Crippen molar-refractivity contribution < 1.29 is 9.72 Å². The maximum absolute atomic E-state index is 11.8. The van der Waals surface area contributed by atoms with E-state index >= 15 is 0 Å². The van der Waals surface area contributed by atoms with Crippen LogP contribution < -0.4 is 5.32 Å². The predicted octanol–water partition coefficient (Wildman–Crippen LogP) is 2.52. The van der Waals surface area contributed by atoms with E-state index in [4.69, 9.17) is 0 Å². The lowest BCUT2D eigenvalue weighted by Crippen LogP contribution is -2.22. The van der Waals surface area contributed by atoms with E-state index in [2.05, 4.69) is 5.32 Å². The van der Waals surface area contributed by atoms with Crippen LogP contribution in [-0.2, 0) is 6.54 Å². The molecule has 0 spiro atoms. The van der Waals surface area contributed by atoms with E-state index < -0.39 is 4.92 Å². The number of carbonyl (C=O) groups excluding carboxylic acids is 1. The first-order valence-corrected chi connectivity index (χ1v) is 5.73. The summed E-state index contributed by atoms with van der Waals surface area (Å²) in [6, 6.07) is 15.0. The SMILES string of the molecule is O=C(NCc1ccc([N+](=O)[O-])cc1)c1ccccc1. The van der Waals surface area contributed by atoms with Crippen LogP contribution >= 0.6 is 0 Å². The Morgan fingerprint density at radius 2 is 1.68 bits per heavy atom. The van der Waals surface area contributed by atoms with Crippen molar-refractivity contribution in [2.24, 2.45) is 0 Å². The quantitative estimate of drug-likeness (QED) is 0.674. The van der Waals surface area contributed by atoms with Gasteiger partial charge in [-0.3, -0.25) is 14.9 Å². The van der Waals surface area contributed by atoms with Gasteiger partial charge in [-0.1, -0.05) is 30.3 Å². The van der Waals surface area contributed by atoms with E-state index in [-0.39, 0.29) is 11.6 Å². The molecule has 0 atom stereocenters. The molecule has 1 N–H and O–H groups in total. The van der Waals surface area contributed by atoms with E-state index in [1.807, 2.05) is 6.07 Å². The molecule has 1 amide bonds. The third-order valence-electron chi connectivity index (χ3n) is 2.64. The Kier molecular flexibility index (Phi) is 3.87. The second kappa shape index (κ2) is 5.77. The molecule has 0 unspecified atom stereocenters. The van der Waals surface area contributed by atoms with Gasteiger partial charge in [-0.05, 0) is 17.7 Å². The molecule has 0 fully saturated rings. The molecule has 0 heterocycles. The number of benzene rings is 2. The van der Waals surface area contributed by atoms with E-state index in [1.165, 1.54) is 12.1 Å². The second-order valence-corrected chi connectivity index (χ2v) is 3.97. The highest BCUT2D eigenvalue weighted by Crippen LogP contribution is 2.11. The zero-order valence-electron chi connectivity index (χ0n) is 10.1. The Morgan fingerprint density at radius 3 is 2.26 bits per heavy atom. The van der Waals surface area contributed by atoms with Gasteiger partial charge in [0, 0.05) is 24.2 Å². The molecule has 0 aliphatic rings. The molecule has 0 saturated heterocycles. The summed E-state index contributed by atoms with van der Waals surface area (Å²) in [7, 11) is 0. The van der Waals surface area contributed by atoms with Gasteiger partial charge in [0.15, 0.2) is 0 Å². The van der Waals surface area contributed by atoms with Crippen LogP contribution in [0.15, 0.2) is 54.6 Å². The van der Waals surface area contributed by atoms with Crippen molar-refractivity contribution in [1.82, 2.24) is 5.32 Å². The number of nitro benzene ring substituents is 1. The van der Waals surface area contributed by atoms with E-state index in [0.29, 0.717) is 12.1 Å². The minimum Gasteiger partial charge on any atom is -0.348 e. The van der Waals surface area contributed by atoms with Crippen molar-refractivity contribution in [3.05, 3.63) is 75.8 Å². The fraction of sp³-hybridized carbons (Fsp3) is 0.0714. The fourth-order valence-corrected chi connectivity index (χ4v) is 1.61. The minimum atomic E-state index is -0.452. The second-order valence-electron chi connectivity index (χ2n) is 3.97. The average Bonchev–Trinajstić information content (AvgIpc) is 2.46. The molecule has 0 aliphatic carbocycles. The molecule has 96 valence electrons. The number of nitro groups is 1. The normalized spacial score (nSPS) is 9.89. The highest BCUT2D eigenvalue weighted by molar-refractivity contribution is 5.94. The predicted molar refractivity (Wildman–Crippen MR) is 70.7 cm³/mol. The summed E-state index contributed by atoms with van der Waals surface area (Å²) in [4.78, 5) is 21.8. The zero-order valence-corrected chi connectivity index (χ0v) is 10.1. The van der Waals surface area contributed by atoms with E-state index in [1.54, 1.807) is 36.4 Å². The van der Waals surface area contributed by atoms with Gasteiger partial charge in [0.25, 0.3) is 11.6 Å². The first kappa shape index (κ1) is 12.8. The molecule has 2 aromatic carbocycles. The highest BCUT2D eigenvalue weighted by atomic mass is 16.6. The standard InChI is InChI=1S/C14H12N2O3/c17-14(12-4-2-1-3-5-12)15-10-11-6-8-13(9-7-11)16(18)19/h1-9H,10H2,(H,15,17). The van der Waals surface area contributed by atoms with Crippen LogP contribution in [0.4, 0.5) is 5.69 Å². The van der Waals surface area contributed by atoms with Gasteiger partial charge in [-0.15, -0.1) is 0 Å². The number of non-ortho nitro benzene ring substituents is 1. The molecule has 2 rings (SSSR count). The summed E-state index contributed by atoms with van der Waals surface area (Å²) in [6.07, 6.45) is 0. The highest BCUT2D eigenvalue weighted by Gasteiger charge is 2.06. The molecule has 5 heteroatoms. The number of nitrogens with zero attached hydrogens (tertiary/aromatic N) is 1. The Morgan fingerprint density at radius 1 is 1.05 bits per heavy atom. The molecule has 0 radical (unpaired) electrons. The zero-order chi connectivity index (χ0) is 13.7. The number of hydrogen-bond acceptors (Lipinski definition) is 3. The Labute approximate surface area is 110 Å². The molecule has 5 nitrogen and oxygen atoms in total. The molecular weight excluding hydrogens is 244 g/mol. The largest absolute Gasteiger partial charge is 0.348 e. The van der Waals surface area contributed by atoms with Crippen molar-refractivity contribution in [2.45, 2.75) is 6.54 Å². The molecule has 0 aliphatic heterocycles. The van der Waals surface area contributed by atoms with Gasteiger partial charge < -0.3 is 5.32 Å². The van der Waals surface area contributed by atoms with Crippen LogP contribution in [0.5, 0.6) is 0 Å². The van der Waals surface area contributed by atoms with E-state index in [0.717, 1.165) is 5.56 Å². The van der Waals surface area contributed by atoms with Gasteiger partial charge in [0.2, 0.25) is 0 Å². The Balaban J connectivity index is 1.95. The molecular formula is C14H12N2O3. The van der Waals surface area contributed by atoms with Crippen molar-refractivity contribution >= 4 is 11.6 Å². The number of amides is 1. The topological polar surface area (TPSA) is 72.2 Å². The third kappa shape index (κ3) is 3.38. The van der Waals surface area contributed by atoms with E-state index in [9.17, 15) is 14.9 Å². The number of hydrogen-bond donors (Lipinski definition) is 1. The summed E-state index contributed by atoms with van der Waals surface area (Å²) < 4.78 is 0. The Hall–Kier alpha value is -2.69. The van der Waals surface area contributed by atoms with Gasteiger partial charge in [-0.2, -0.15) is 0 Å². The van der Waals surface area contributed by atoms with Crippen LogP contribution in [0.2, 0.25) is 0 Å². The number of rotatable bonds is 4. The third-order valence-corrected chi connectivity index (χ3v) is 2.64. The maximum atomic E-state index is 11.8. The van der Waals surface area contributed by atoms with Crippen LogP contribution in [0.3, 0.4) is 0 Å². The summed E-state index contributed by atoms with van der Waals surface area (Å²) in [5.41, 5.74) is 1.44. The summed E-state index contributed by atoms with van der Waals surface area (Å²) in [5, 5.41) is 13.3. The Bertz CT molecular complexity index is 579. The van der Waals surface area contributed by atoms with Crippen molar-refractivity contribution in [1.29, 1.82) is 0 Å². The first-order valence-electron chi connectivity index (χ1n) is 5.73. The molecule has 0 aromatic heterocycles. The van der Waals surface area contributed by atoms with Crippen LogP contribution in [0, 0.1) is 10.1 Å². The molecule has 0 saturated carbocycles. The lowest BCUT2D eigenvalue weighted by molar-refractivity contribution is -0.384. The average molecular weight is 256 g/mol. The molecule has 19 heavy (non-hydrogen) atoms. The van der Waals surface area contributed by atoms with Crippen molar-refractivity contribution in [3.8, 4) is 0 Å². The lowest BCUT2D eigenvalue weighted by atomic mass is 10.2. The van der Waals surface area contributed by atoms with Crippen LogP contribution in [0.1, 0.15) is 15.9 Å². The minimum absolute atomic E-state index is 0.0399. The molecule has 2 aromatic rings. The van der Waals surface area contributed by atoms with Gasteiger partial charge in [-0.25, -0.2) is 0 Å². The lowest BCUT2D eigenvalue weighted by Gasteiger charge is -2.05. The molecule has 0 bridgehead atoms. The van der Waals surface area contributed by atoms with Crippen molar-refractivity contribution in [3.63, 3.8) is 0 Å². The first-order chi connectivity index (χ1) is 9.16. The van der Waals surface area contributed by atoms with Crippen LogP contribution in [0.25, 0.3) is 0 Å². The summed E-state index contributed by atoms with van der Waals surface area (Å²) in [5.74, 6) is -0.168. The van der Waals surface area contributed by atoms with Gasteiger partial charge in [0.05, 0.1) is 4.92 Å². The van der Waals surface area contributed by atoms with Gasteiger partial charge in [0.1, 0.15) is 0 Å². The smallest absolute Gasteiger partial charge is 0.269 e. The summed E-state index contributed by atoms with van der Waals surface area (Å²) >= 11 is 0. The fourth-order valence-electron chi connectivity index (χ4n) is 1.61. The van der Waals surface area contributed by atoms with Crippen LogP contribution in [-0.4, -0.2) is 10.8 Å². The summed E-state index contributed by atoms with van der Waals surface area (Å²) in [6.45, 7) is 0.339. The number of carbonyl (C=O) groups is 1. The number of nitrogens with one attached hydrogen (secondary N) is 1.